The molecule has 0 aliphatic carbocycles. The molecule has 6 aromatic rings. The Bertz CT molecular complexity index is 2230. The van der Waals surface area contributed by atoms with Crippen LogP contribution in [0.1, 0.15) is 34.8 Å². The third kappa shape index (κ3) is 4.93. The van der Waals surface area contributed by atoms with Crippen LogP contribution in [0.3, 0.4) is 0 Å². The number of ether oxygens (including phenoxy) is 1. The highest BCUT2D eigenvalue weighted by atomic mass is 16.5. The maximum atomic E-state index is 14.6. The fraction of sp³-hybridized carbons (Fsp3) is 0.220. The van der Waals surface area contributed by atoms with Crippen molar-refractivity contribution in [2.24, 2.45) is 11.8 Å². The number of hydrogen-bond acceptors (Lipinski definition) is 6. The van der Waals surface area contributed by atoms with Crippen LogP contribution in [0, 0.1) is 11.8 Å². The highest BCUT2D eigenvalue weighted by Gasteiger charge is 2.43. The average molecular weight is 636 g/mol. The lowest BCUT2D eigenvalue weighted by Crippen LogP contribution is -2.57. The zero-order valence-corrected chi connectivity index (χ0v) is 26.8. The van der Waals surface area contributed by atoms with Gasteiger partial charge in [-0.2, -0.15) is 0 Å². The van der Waals surface area contributed by atoms with Gasteiger partial charge < -0.3 is 20.3 Å². The van der Waals surface area contributed by atoms with Crippen molar-refractivity contribution in [3.8, 4) is 28.4 Å². The number of aromatic hydroxyl groups is 2. The number of rotatable bonds is 7. The number of amides is 1. The number of pyridine rings is 1. The maximum absolute atomic E-state index is 14.6. The molecule has 2 bridgehead atoms. The van der Waals surface area contributed by atoms with E-state index >= 15 is 0 Å². The molecule has 3 fully saturated rings. The lowest BCUT2D eigenvalue weighted by molar-refractivity contribution is 0.00169. The van der Waals surface area contributed by atoms with Gasteiger partial charge in [0.2, 0.25) is 0 Å². The zero-order valence-electron chi connectivity index (χ0n) is 26.8. The summed E-state index contributed by atoms with van der Waals surface area (Å²) in [5.74, 6) is 1.08. The second kappa shape index (κ2) is 12.0. The molecular formula is C41H37N3O4. The molecule has 3 N–H and O–H groups in total. The summed E-state index contributed by atoms with van der Waals surface area (Å²) in [6.07, 6.45) is 5.88. The minimum Gasteiger partial charge on any atom is -0.507 e. The highest BCUT2D eigenvalue weighted by molar-refractivity contribution is 6.14. The molecule has 1 amide bonds. The summed E-state index contributed by atoms with van der Waals surface area (Å²) in [6, 6.07) is 28.1. The molecule has 3 saturated heterocycles. The Morgan fingerprint density at radius 3 is 2.48 bits per heavy atom. The normalized spacial score (nSPS) is 20.9. The number of nitrogens with zero attached hydrogens (tertiary/aromatic N) is 2. The van der Waals surface area contributed by atoms with Gasteiger partial charge in [-0.25, -0.2) is 0 Å². The number of phenols is 2. The fourth-order valence-electron chi connectivity index (χ4n) is 8.15. The second-order valence-corrected chi connectivity index (χ2v) is 13.0. The number of nitrogens with one attached hydrogen (secondary N) is 1. The Morgan fingerprint density at radius 1 is 0.958 bits per heavy atom. The molecule has 0 spiro atoms. The number of phenolic OH excluding ortho intramolecular Hbond substituents is 2. The van der Waals surface area contributed by atoms with E-state index in [0.717, 1.165) is 63.9 Å². The van der Waals surface area contributed by atoms with Gasteiger partial charge >= 0.3 is 0 Å². The summed E-state index contributed by atoms with van der Waals surface area (Å²) < 4.78 is 5.59. The number of carbonyl (C=O) groups is 1. The first-order valence-corrected chi connectivity index (χ1v) is 16.5. The summed E-state index contributed by atoms with van der Waals surface area (Å²) in [6.45, 7) is 5.95. The van der Waals surface area contributed by atoms with E-state index in [2.05, 4.69) is 27.9 Å². The van der Waals surface area contributed by atoms with Gasteiger partial charge in [0.25, 0.3) is 5.91 Å². The Kier molecular flexibility index (Phi) is 7.49. The van der Waals surface area contributed by atoms with E-state index in [1.54, 1.807) is 25.4 Å². The number of fused-ring (bicyclic) bond motifs is 6. The molecule has 3 aliphatic rings. The Hall–Kier alpha value is -5.40. The molecule has 0 saturated carbocycles. The molecule has 0 radical (unpaired) electrons. The fourth-order valence-corrected chi connectivity index (χ4v) is 8.15. The van der Waals surface area contributed by atoms with Crippen molar-refractivity contribution >= 4 is 38.4 Å². The molecular weight excluding hydrogens is 598 g/mol. The molecule has 48 heavy (non-hydrogen) atoms. The van der Waals surface area contributed by atoms with E-state index in [1.165, 1.54) is 0 Å². The second-order valence-electron chi connectivity index (χ2n) is 13.0. The quantitative estimate of drug-likeness (QED) is 0.154. The largest absolute Gasteiger partial charge is 0.507 e. The van der Waals surface area contributed by atoms with Crippen molar-refractivity contribution in [1.29, 1.82) is 0 Å². The van der Waals surface area contributed by atoms with Gasteiger partial charge in [0.05, 0.1) is 24.2 Å². The first-order chi connectivity index (χ1) is 23.4. The van der Waals surface area contributed by atoms with Gasteiger partial charge in [-0.1, -0.05) is 60.7 Å². The van der Waals surface area contributed by atoms with Crippen LogP contribution in [0.15, 0.2) is 110 Å². The predicted octanol–water partition coefficient (Wildman–Crippen LogP) is 8.00. The molecule has 4 heterocycles. The summed E-state index contributed by atoms with van der Waals surface area (Å²) in [5, 5.41) is 30.9. The molecule has 1 aromatic heterocycles. The lowest BCUT2D eigenvalue weighted by atomic mass is 9.73. The van der Waals surface area contributed by atoms with Gasteiger partial charge in [-0.15, -0.1) is 6.58 Å². The van der Waals surface area contributed by atoms with Crippen molar-refractivity contribution in [3.63, 3.8) is 0 Å². The summed E-state index contributed by atoms with van der Waals surface area (Å²) in [4.78, 5) is 21.7. The lowest BCUT2D eigenvalue weighted by Gasteiger charge is -2.51. The maximum Gasteiger partial charge on any atom is 0.255 e. The summed E-state index contributed by atoms with van der Waals surface area (Å²) in [5.41, 5.74) is 2.84. The standard InChI is InChI=1S/C41H37N3O4/c1-3-24-23-44-19-17-26(24)21-35(44)39(31-16-18-42-34-14-13-28(48-2)22-32(31)34)43-41(47)33-20-27-9-5-7-11-30(27)38(40(33)46)37-29-10-6-4-8-25(29)12-15-36(37)45/h3-16,18,20,22,24,26,35,39,45-46H,1,17,19,21,23H2,2H3,(H,43,47)/t24?,26?,35-,39+/m1/s1. The molecule has 240 valence electrons. The third-order valence-electron chi connectivity index (χ3n) is 10.6. The van der Waals surface area contributed by atoms with E-state index in [0.29, 0.717) is 28.7 Å². The number of aromatic nitrogens is 1. The molecule has 5 aromatic carbocycles. The first kappa shape index (κ1) is 30.0. The van der Waals surface area contributed by atoms with Crippen molar-refractivity contribution in [2.45, 2.75) is 24.9 Å². The monoisotopic (exact) mass is 635 g/mol. The van der Waals surface area contributed by atoms with Crippen molar-refractivity contribution < 1.29 is 19.7 Å². The van der Waals surface area contributed by atoms with E-state index in [1.807, 2.05) is 78.9 Å². The number of hydrogen-bond donors (Lipinski definition) is 3. The van der Waals surface area contributed by atoms with Crippen LogP contribution in [0.25, 0.3) is 43.6 Å². The van der Waals surface area contributed by atoms with Crippen LogP contribution in [0.2, 0.25) is 0 Å². The zero-order chi connectivity index (χ0) is 32.9. The molecule has 9 rings (SSSR count). The van der Waals surface area contributed by atoms with E-state index < -0.39 is 6.04 Å². The molecule has 7 nitrogen and oxygen atoms in total. The van der Waals surface area contributed by atoms with Crippen LogP contribution in [-0.2, 0) is 0 Å². The van der Waals surface area contributed by atoms with Crippen molar-refractivity contribution in [3.05, 3.63) is 121 Å². The van der Waals surface area contributed by atoms with Gasteiger partial charge in [0, 0.05) is 35.3 Å². The van der Waals surface area contributed by atoms with Gasteiger partial charge in [0.15, 0.2) is 0 Å². The predicted molar refractivity (Wildman–Crippen MR) is 190 cm³/mol. The van der Waals surface area contributed by atoms with Crippen LogP contribution in [0.5, 0.6) is 17.2 Å². The minimum absolute atomic E-state index is 0.0320. The van der Waals surface area contributed by atoms with Crippen LogP contribution >= 0.6 is 0 Å². The van der Waals surface area contributed by atoms with E-state index in [9.17, 15) is 15.0 Å². The third-order valence-corrected chi connectivity index (χ3v) is 10.6. The smallest absolute Gasteiger partial charge is 0.255 e. The molecule has 3 aliphatic heterocycles. The van der Waals surface area contributed by atoms with Gasteiger partial charge in [-0.3, -0.25) is 14.7 Å². The Morgan fingerprint density at radius 2 is 1.73 bits per heavy atom. The summed E-state index contributed by atoms with van der Waals surface area (Å²) in [7, 11) is 1.64. The SMILES string of the molecule is C=CC1CN2CCC1C[C@@H]2[C@@H](NC(=O)c1cc2ccccc2c(-c2c(O)ccc3ccccc23)c1O)c1ccnc2ccc(OC)cc12. The Labute approximate surface area is 279 Å². The topological polar surface area (TPSA) is 94.9 Å². The minimum atomic E-state index is -0.399. The van der Waals surface area contributed by atoms with E-state index in [4.69, 9.17) is 4.74 Å². The number of piperidine rings is 3. The number of methoxy groups -OCH3 is 1. The van der Waals surface area contributed by atoms with Crippen molar-refractivity contribution in [2.75, 3.05) is 20.2 Å². The number of benzene rings is 5. The number of carbonyl (C=O) groups excluding carboxylic acids is 1. The average Bonchev–Trinajstić information content (AvgIpc) is 3.13. The molecule has 3 unspecified atom stereocenters. The van der Waals surface area contributed by atoms with Crippen molar-refractivity contribution in [1.82, 2.24) is 15.2 Å². The molecule has 7 heteroatoms. The summed E-state index contributed by atoms with van der Waals surface area (Å²) >= 11 is 0. The van der Waals surface area contributed by atoms with Crippen LogP contribution < -0.4 is 10.1 Å². The molecule has 5 atom stereocenters. The first-order valence-electron chi connectivity index (χ1n) is 16.5. The Balaban J connectivity index is 1.29. The van der Waals surface area contributed by atoms with Crippen LogP contribution in [0.4, 0.5) is 0 Å². The van der Waals surface area contributed by atoms with Crippen LogP contribution in [-0.4, -0.2) is 52.2 Å². The van der Waals surface area contributed by atoms with Gasteiger partial charge in [0.1, 0.15) is 17.2 Å². The van der Waals surface area contributed by atoms with E-state index in [-0.39, 0.29) is 29.0 Å². The highest BCUT2D eigenvalue weighted by Crippen LogP contribution is 2.47. The van der Waals surface area contributed by atoms with Gasteiger partial charge in [-0.05, 0) is 94.7 Å².